The molecule has 0 atom stereocenters. The van der Waals surface area contributed by atoms with Crippen LogP contribution in [-0.2, 0) is 0 Å². The number of ether oxygens (including phenoxy) is 1. The number of nitrogens with zero attached hydrogens (tertiary/aromatic N) is 2. The lowest BCUT2D eigenvalue weighted by Crippen LogP contribution is -2.11. The van der Waals surface area contributed by atoms with Gasteiger partial charge >= 0.3 is 0 Å². The number of anilines is 1. The van der Waals surface area contributed by atoms with Gasteiger partial charge in [0.05, 0.1) is 12.7 Å². The second kappa shape index (κ2) is 5.76. The molecule has 1 aliphatic rings. The summed E-state index contributed by atoms with van der Waals surface area (Å²) < 4.78 is 10.6. The molecule has 5 nitrogen and oxygen atoms in total. The van der Waals surface area contributed by atoms with Gasteiger partial charge in [0.2, 0.25) is 0 Å². The average Bonchev–Trinajstić information content (AvgIpc) is 2.98. The highest BCUT2D eigenvalue weighted by atomic mass is 16.5. The summed E-state index contributed by atoms with van der Waals surface area (Å²) in [6, 6.07) is 5.44. The largest absolute Gasteiger partial charge is 0.497 e. The summed E-state index contributed by atoms with van der Waals surface area (Å²) in [5.41, 5.74) is 7.35. The molecule has 0 amide bonds. The Morgan fingerprint density at radius 1 is 1.24 bits per heavy atom. The van der Waals surface area contributed by atoms with Crippen molar-refractivity contribution in [3.63, 3.8) is 0 Å². The fourth-order valence-corrected chi connectivity index (χ4v) is 2.88. The van der Waals surface area contributed by atoms with Gasteiger partial charge in [-0.25, -0.2) is 0 Å². The number of hydrogen-bond donors (Lipinski definition) is 1. The topological polar surface area (TPSA) is 74.2 Å². The van der Waals surface area contributed by atoms with E-state index in [4.69, 9.17) is 15.0 Å². The highest BCUT2D eigenvalue weighted by Crippen LogP contribution is 2.36. The van der Waals surface area contributed by atoms with Crippen LogP contribution in [0.2, 0.25) is 0 Å². The average molecular weight is 287 g/mol. The third kappa shape index (κ3) is 2.86. The van der Waals surface area contributed by atoms with E-state index >= 15 is 0 Å². The molecule has 0 radical (unpaired) electrons. The number of rotatable bonds is 3. The summed E-state index contributed by atoms with van der Waals surface area (Å²) in [7, 11) is 1.62. The standard InChI is InChI=1S/C16H21N3O2/c1-10-3-5-11(6-4-10)15-18-16(21-19-15)13-9-12(20-2)7-8-14(13)17/h7-11H,3-6,17H2,1-2H3. The van der Waals surface area contributed by atoms with Gasteiger partial charge in [0.25, 0.3) is 5.89 Å². The molecule has 2 aromatic rings. The quantitative estimate of drug-likeness (QED) is 0.873. The Hall–Kier alpha value is -2.04. The fourth-order valence-electron chi connectivity index (χ4n) is 2.88. The van der Waals surface area contributed by atoms with Gasteiger partial charge in [-0.05, 0) is 37.0 Å². The molecule has 1 aliphatic carbocycles. The van der Waals surface area contributed by atoms with Gasteiger partial charge in [0.1, 0.15) is 5.75 Å². The van der Waals surface area contributed by atoms with E-state index < -0.39 is 0 Å². The van der Waals surface area contributed by atoms with Crippen molar-refractivity contribution in [2.75, 3.05) is 12.8 Å². The third-order valence-electron chi connectivity index (χ3n) is 4.31. The first-order chi connectivity index (χ1) is 10.2. The fraction of sp³-hybridized carbons (Fsp3) is 0.500. The molecule has 1 heterocycles. The molecule has 1 fully saturated rings. The Morgan fingerprint density at radius 2 is 2.00 bits per heavy atom. The normalized spacial score (nSPS) is 22.2. The summed E-state index contributed by atoms with van der Waals surface area (Å²) in [5, 5.41) is 4.16. The van der Waals surface area contributed by atoms with Crippen LogP contribution >= 0.6 is 0 Å². The van der Waals surface area contributed by atoms with E-state index in [2.05, 4.69) is 17.1 Å². The first-order valence-electron chi connectivity index (χ1n) is 7.45. The number of hydrogen-bond acceptors (Lipinski definition) is 5. The van der Waals surface area contributed by atoms with Gasteiger partial charge < -0.3 is 15.0 Å². The maximum atomic E-state index is 6.00. The minimum atomic E-state index is 0.408. The molecule has 112 valence electrons. The van der Waals surface area contributed by atoms with Crippen molar-refractivity contribution in [3.8, 4) is 17.2 Å². The molecule has 0 bridgehead atoms. The molecule has 1 aromatic heterocycles. The Labute approximate surface area is 124 Å². The third-order valence-corrected chi connectivity index (χ3v) is 4.31. The summed E-state index contributed by atoms with van der Waals surface area (Å²) in [4.78, 5) is 4.55. The zero-order chi connectivity index (χ0) is 14.8. The van der Waals surface area contributed by atoms with Crippen molar-refractivity contribution in [1.29, 1.82) is 0 Å². The smallest absolute Gasteiger partial charge is 0.260 e. The Bertz CT molecular complexity index is 616. The molecule has 0 aliphatic heterocycles. The van der Waals surface area contributed by atoms with Crippen molar-refractivity contribution in [1.82, 2.24) is 10.1 Å². The van der Waals surface area contributed by atoms with E-state index in [1.54, 1.807) is 13.2 Å². The number of nitrogens with two attached hydrogens (primary N) is 1. The van der Waals surface area contributed by atoms with Gasteiger partial charge in [0.15, 0.2) is 5.82 Å². The van der Waals surface area contributed by atoms with Gasteiger partial charge in [0, 0.05) is 11.6 Å². The molecule has 3 rings (SSSR count). The second-order valence-corrected chi connectivity index (χ2v) is 5.87. The molecule has 0 spiro atoms. The number of nitrogen functional groups attached to an aromatic ring is 1. The van der Waals surface area contributed by atoms with Crippen LogP contribution in [0.1, 0.15) is 44.3 Å². The highest BCUT2D eigenvalue weighted by molar-refractivity contribution is 5.72. The minimum absolute atomic E-state index is 0.408. The van der Waals surface area contributed by atoms with Crippen molar-refractivity contribution in [2.24, 2.45) is 5.92 Å². The lowest BCUT2D eigenvalue weighted by atomic mass is 9.83. The number of benzene rings is 1. The van der Waals surface area contributed by atoms with E-state index in [0.717, 1.165) is 35.9 Å². The monoisotopic (exact) mass is 287 g/mol. The van der Waals surface area contributed by atoms with Crippen LogP contribution in [0.15, 0.2) is 22.7 Å². The first-order valence-corrected chi connectivity index (χ1v) is 7.45. The molecule has 0 unspecified atom stereocenters. The van der Waals surface area contributed by atoms with Gasteiger partial charge in [-0.2, -0.15) is 4.98 Å². The minimum Gasteiger partial charge on any atom is -0.497 e. The zero-order valence-corrected chi connectivity index (χ0v) is 12.5. The van der Waals surface area contributed by atoms with Gasteiger partial charge in [-0.3, -0.25) is 0 Å². The van der Waals surface area contributed by atoms with Crippen molar-refractivity contribution in [3.05, 3.63) is 24.0 Å². The molecule has 1 saturated carbocycles. The lowest BCUT2D eigenvalue weighted by molar-refractivity contribution is 0.329. The molecular formula is C16H21N3O2. The van der Waals surface area contributed by atoms with Crippen LogP contribution in [0.25, 0.3) is 11.5 Å². The summed E-state index contributed by atoms with van der Waals surface area (Å²) in [5.74, 6) is 3.22. The molecule has 1 aromatic carbocycles. The Morgan fingerprint density at radius 3 is 2.71 bits per heavy atom. The van der Waals surface area contributed by atoms with E-state index in [1.807, 2.05) is 12.1 Å². The first kappa shape index (κ1) is 13.9. The number of methoxy groups -OCH3 is 1. The van der Waals surface area contributed by atoms with Crippen LogP contribution in [0, 0.1) is 5.92 Å². The van der Waals surface area contributed by atoms with Gasteiger partial charge in [-0.1, -0.05) is 24.9 Å². The molecule has 0 saturated heterocycles. The maximum Gasteiger partial charge on any atom is 0.260 e. The van der Waals surface area contributed by atoms with Crippen LogP contribution < -0.4 is 10.5 Å². The van der Waals surface area contributed by atoms with Crippen molar-refractivity contribution < 1.29 is 9.26 Å². The van der Waals surface area contributed by atoms with E-state index in [1.165, 1.54) is 12.8 Å². The lowest BCUT2D eigenvalue weighted by Gasteiger charge is -2.23. The van der Waals surface area contributed by atoms with E-state index in [9.17, 15) is 0 Å². The molecule has 2 N–H and O–H groups in total. The highest BCUT2D eigenvalue weighted by Gasteiger charge is 2.24. The summed E-state index contributed by atoms with van der Waals surface area (Å²) in [6.07, 6.45) is 4.73. The SMILES string of the molecule is COc1ccc(N)c(-c2nc(C3CCC(C)CC3)no2)c1. The van der Waals surface area contributed by atoms with Crippen molar-refractivity contribution in [2.45, 2.75) is 38.5 Å². The predicted octanol–water partition coefficient (Wildman–Crippen LogP) is 3.62. The number of aromatic nitrogens is 2. The van der Waals surface area contributed by atoms with E-state index in [-0.39, 0.29) is 0 Å². The second-order valence-electron chi connectivity index (χ2n) is 5.87. The van der Waals surface area contributed by atoms with E-state index in [0.29, 0.717) is 17.5 Å². The van der Waals surface area contributed by atoms with Crippen molar-refractivity contribution >= 4 is 5.69 Å². The summed E-state index contributed by atoms with van der Waals surface area (Å²) in [6.45, 7) is 2.30. The molecule has 5 heteroatoms. The van der Waals surface area contributed by atoms with Crippen LogP contribution in [0.4, 0.5) is 5.69 Å². The van der Waals surface area contributed by atoms with Gasteiger partial charge in [-0.15, -0.1) is 0 Å². The zero-order valence-electron chi connectivity index (χ0n) is 12.5. The van der Waals surface area contributed by atoms with Crippen LogP contribution in [0.5, 0.6) is 5.75 Å². The van der Waals surface area contributed by atoms with Crippen LogP contribution in [0.3, 0.4) is 0 Å². The maximum absolute atomic E-state index is 6.00. The molecular weight excluding hydrogens is 266 g/mol. The van der Waals surface area contributed by atoms with Crippen LogP contribution in [-0.4, -0.2) is 17.3 Å². The Kier molecular flexibility index (Phi) is 3.82. The Balaban J connectivity index is 1.85. The summed E-state index contributed by atoms with van der Waals surface area (Å²) >= 11 is 0. The molecule has 21 heavy (non-hydrogen) atoms. The predicted molar refractivity (Wildman–Crippen MR) is 81.1 cm³/mol.